The zero-order valence-electron chi connectivity index (χ0n) is 17.2. The Morgan fingerprint density at radius 3 is 2.62 bits per heavy atom. The molecule has 0 saturated heterocycles. The summed E-state index contributed by atoms with van der Waals surface area (Å²) in [5.74, 6) is 1.49. The maximum absolute atomic E-state index is 13.0. The smallest absolute Gasteiger partial charge is 0.256 e. The molecular formula is C22H28N2O5. The van der Waals surface area contributed by atoms with E-state index >= 15 is 0 Å². The molecule has 29 heavy (non-hydrogen) atoms. The number of nitrogens with one attached hydrogen (secondary N) is 1. The highest BCUT2D eigenvalue weighted by molar-refractivity contribution is 5.98. The van der Waals surface area contributed by atoms with E-state index < -0.39 is 0 Å². The number of ether oxygens (including phenoxy) is 3. The largest absolute Gasteiger partial charge is 0.493 e. The predicted octanol–water partition coefficient (Wildman–Crippen LogP) is 2.57. The van der Waals surface area contributed by atoms with E-state index in [-0.39, 0.29) is 11.5 Å². The van der Waals surface area contributed by atoms with Crippen LogP contribution in [-0.2, 0) is 19.4 Å². The summed E-state index contributed by atoms with van der Waals surface area (Å²) >= 11 is 0. The second-order valence-electron chi connectivity index (χ2n) is 6.91. The fraction of sp³-hybridized carbons (Fsp3) is 0.455. The molecule has 0 aliphatic carbocycles. The SMILES string of the molecule is CCOc1cc(=O)n2c(c1C(=O)NCCc1ccc(OC)c(OC)c1)CCCC2. The van der Waals surface area contributed by atoms with Gasteiger partial charge in [0, 0.05) is 24.8 Å². The van der Waals surface area contributed by atoms with E-state index in [4.69, 9.17) is 14.2 Å². The van der Waals surface area contributed by atoms with Crippen LogP contribution in [0.15, 0.2) is 29.1 Å². The van der Waals surface area contributed by atoms with Crippen molar-refractivity contribution in [2.75, 3.05) is 27.4 Å². The van der Waals surface area contributed by atoms with Gasteiger partial charge in [-0.1, -0.05) is 6.07 Å². The van der Waals surface area contributed by atoms with Crippen LogP contribution in [0.5, 0.6) is 17.2 Å². The first-order valence-electron chi connectivity index (χ1n) is 9.97. The molecule has 1 N–H and O–H groups in total. The van der Waals surface area contributed by atoms with Gasteiger partial charge in [-0.3, -0.25) is 9.59 Å². The zero-order chi connectivity index (χ0) is 20.8. The summed E-state index contributed by atoms with van der Waals surface area (Å²) < 4.78 is 17.9. The summed E-state index contributed by atoms with van der Waals surface area (Å²) in [4.78, 5) is 25.4. The number of methoxy groups -OCH3 is 2. The highest BCUT2D eigenvalue weighted by atomic mass is 16.5. The molecular weight excluding hydrogens is 372 g/mol. The minimum Gasteiger partial charge on any atom is -0.493 e. The van der Waals surface area contributed by atoms with Crippen molar-refractivity contribution in [3.8, 4) is 17.2 Å². The van der Waals surface area contributed by atoms with Gasteiger partial charge in [0.05, 0.1) is 20.8 Å². The average Bonchev–Trinajstić information content (AvgIpc) is 2.74. The van der Waals surface area contributed by atoms with Crippen LogP contribution in [0.4, 0.5) is 0 Å². The topological polar surface area (TPSA) is 78.8 Å². The lowest BCUT2D eigenvalue weighted by molar-refractivity contribution is 0.0947. The van der Waals surface area contributed by atoms with Crippen LogP contribution in [0, 0.1) is 0 Å². The van der Waals surface area contributed by atoms with Gasteiger partial charge >= 0.3 is 0 Å². The second-order valence-corrected chi connectivity index (χ2v) is 6.91. The van der Waals surface area contributed by atoms with E-state index in [9.17, 15) is 9.59 Å². The van der Waals surface area contributed by atoms with Gasteiger partial charge in [0.1, 0.15) is 11.3 Å². The summed E-state index contributed by atoms with van der Waals surface area (Å²) in [5.41, 5.74) is 2.18. The van der Waals surface area contributed by atoms with Crippen LogP contribution < -0.4 is 25.1 Å². The number of rotatable bonds is 8. The summed E-state index contributed by atoms with van der Waals surface area (Å²) in [6, 6.07) is 7.13. The number of carbonyl (C=O) groups excluding carboxylic acids is 1. The quantitative estimate of drug-likeness (QED) is 0.737. The molecule has 0 fully saturated rings. The Kier molecular flexibility index (Phi) is 6.80. The molecule has 1 aromatic carbocycles. The van der Waals surface area contributed by atoms with Gasteiger partial charge in [-0.15, -0.1) is 0 Å². The third-order valence-electron chi connectivity index (χ3n) is 5.10. The van der Waals surface area contributed by atoms with E-state index in [2.05, 4.69) is 5.32 Å². The third-order valence-corrected chi connectivity index (χ3v) is 5.10. The fourth-order valence-corrected chi connectivity index (χ4v) is 3.70. The molecule has 7 heteroatoms. The zero-order valence-corrected chi connectivity index (χ0v) is 17.2. The first-order chi connectivity index (χ1) is 14.1. The molecule has 1 aliphatic heterocycles. The summed E-state index contributed by atoms with van der Waals surface area (Å²) in [5, 5.41) is 2.98. The van der Waals surface area contributed by atoms with Crippen LogP contribution in [0.2, 0.25) is 0 Å². The normalized spacial score (nSPS) is 12.8. The fourth-order valence-electron chi connectivity index (χ4n) is 3.70. The third kappa shape index (κ3) is 4.55. The maximum Gasteiger partial charge on any atom is 0.256 e. The summed E-state index contributed by atoms with van der Waals surface area (Å²) in [6.07, 6.45) is 3.25. The summed E-state index contributed by atoms with van der Waals surface area (Å²) in [7, 11) is 3.19. The molecule has 1 amide bonds. The van der Waals surface area contributed by atoms with Gasteiger partial charge in [-0.2, -0.15) is 0 Å². The monoisotopic (exact) mass is 400 g/mol. The number of hydrogen-bond donors (Lipinski definition) is 1. The first-order valence-corrected chi connectivity index (χ1v) is 9.97. The predicted molar refractivity (Wildman–Crippen MR) is 110 cm³/mol. The van der Waals surface area contributed by atoms with Crippen LogP contribution in [0.1, 0.15) is 41.4 Å². The summed E-state index contributed by atoms with van der Waals surface area (Å²) in [6.45, 7) is 3.34. The number of fused-ring (bicyclic) bond motifs is 1. The molecule has 0 radical (unpaired) electrons. The van der Waals surface area contributed by atoms with Crippen molar-refractivity contribution in [1.29, 1.82) is 0 Å². The van der Waals surface area contributed by atoms with Gasteiger partial charge in [0.2, 0.25) is 0 Å². The Morgan fingerprint density at radius 2 is 1.90 bits per heavy atom. The van der Waals surface area contributed by atoms with Crippen molar-refractivity contribution in [3.05, 3.63) is 51.4 Å². The minimum absolute atomic E-state index is 0.106. The molecule has 1 aliphatic rings. The number of carbonyl (C=O) groups is 1. The van der Waals surface area contributed by atoms with Crippen LogP contribution in [0.25, 0.3) is 0 Å². The molecule has 3 rings (SSSR count). The van der Waals surface area contributed by atoms with Crippen molar-refractivity contribution in [1.82, 2.24) is 9.88 Å². The molecule has 1 aromatic heterocycles. The number of pyridine rings is 1. The Morgan fingerprint density at radius 1 is 1.10 bits per heavy atom. The molecule has 0 spiro atoms. The van der Waals surface area contributed by atoms with Crippen molar-refractivity contribution in [3.63, 3.8) is 0 Å². The van der Waals surface area contributed by atoms with Gasteiger partial charge in [-0.25, -0.2) is 0 Å². The lowest BCUT2D eigenvalue weighted by Crippen LogP contribution is -2.34. The van der Waals surface area contributed by atoms with Crippen LogP contribution in [0.3, 0.4) is 0 Å². The Labute approximate surface area is 170 Å². The van der Waals surface area contributed by atoms with Crippen LogP contribution >= 0.6 is 0 Å². The standard InChI is InChI=1S/C22H28N2O5/c1-4-29-19-14-20(25)24-12-6-5-7-16(24)21(19)22(26)23-11-10-15-8-9-17(27-2)18(13-15)28-3/h8-9,13-14H,4-7,10-12H2,1-3H3,(H,23,26). The van der Waals surface area contributed by atoms with E-state index in [0.717, 1.165) is 24.1 Å². The molecule has 0 bridgehead atoms. The molecule has 7 nitrogen and oxygen atoms in total. The van der Waals surface area contributed by atoms with E-state index in [1.807, 2.05) is 25.1 Å². The van der Waals surface area contributed by atoms with E-state index in [0.29, 0.717) is 55.4 Å². The van der Waals surface area contributed by atoms with E-state index in [1.165, 1.54) is 6.07 Å². The number of hydrogen-bond acceptors (Lipinski definition) is 5. The minimum atomic E-state index is -0.209. The average molecular weight is 400 g/mol. The lowest BCUT2D eigenvalue weighted by atomic mass is 10.0. The van der Waals surface area contributed by atoms with Gasteiger partial charge in [-0.05, 0) is 50.3 Å². The number of benzene rings is 1. The van der Waals surface area contributed by atoms with Gasteiger partial charge in [0.25, 0.3) is 11.5 Å². The highest BCUT2D eigenvalue weighted by Gasteiger charge is 2.24. The van der Waals surface area contributed by atoms with Crippen molar-refractivity contribution >= 4 is 5.91 Å². The van der Waals surface area contributed by atoms with Crippen molar-refractivity contribution in [2.45, 2.75) is 39.2 Å². The molecule has 0 atom stereocenters. The number of amides is 1. The Bertz CT molecular complexity index is 936. The van der Waals surface area contributed by atoms with Gasteiger partial charge in [0.15, 0.2) is 11.5 Å². The highest BCUT2D eigenvalue weighted by Crippen LogP contribution is 2.28. The molecule has 0 saturated carbocycles. The second kappa shape index (κ2) is 9.49. The Balaban J connectivity index is 1.76. The number of nitrogens with zero attached hydrogens (tertiary/aromatic N) is 1. The number of aromatic nitrogens is 1. The lowest BCUT2D eigenvalue weighted by Gasteiger charge is -2.23. The molecule has 2 heterocycles. The van der Waals surface area contributed by atoms with Crippen molar-refractivity contribution in [2.24, 2.45) is 0 Å². The molecule has 0 unspecified atom stereocenters. The maximum atomic E-state index is 13.0. The van der Waals surface area contributed by atoms with Gasteiger partial charge < -0.3 is 24.1 Å². The first kappa shape index (κ1) is 20.8. The van der Waals surface area contributed by atoms with Crippen LogP contribution in [-0.4, -0.2) is 37.8 Å². The van der Waals surface area contributed by atoms with Crippen molar-refractivity contribution < 1.29 is 19.0 Å². The van der Waals surface area contributed by atoms with E-state index in [1.54, 1.807) is 18.8 Å². The molecule has 156 valence electrons. The molecule has 2 aromatic rings. The Hall–Kier alpha value is -2.96.